The summed E-state index contributed by atoms with van der Waals surface area (Å²) < 4.78 is 4.86. The van der Waals surface area contributed by atoms with Crippen molar-refractivity contribution < 1.29 is 4.74 Å². The Morgan fingerprint density at radius 3 is 2.14 bits per heavy atom. The van der Waals surface area contributed by atoms with Crippen LogP contribution in [-0.2, 0) is 4.74 Å². The SMILES string of the molecule is CCC1CO1.O=O. The molecule has 0 amide bonds. The molecule has 0 spiro atoms. The zero-order valence-corrected chi connectivity index (χ0v) is 4.22. The minimum absolute atomic E-state index is 0.634. The molecule has 1 saturated heterocycles. The van der Waals surface area contributed by atoms with Crippen LogP contribution >= 0.6 is 0 Å². The van der Waals surface area contributed by atoms with E-state index in [4.69, 9.17) is 14.7 Å². The summed E-state index contributed by atoms with van der Waals surface area (Å²) in [5.41, 5.74) is 0. The molecule has 0 aliphatic carbocycles. The Morgan fingerprint density at radius 2 is 2.14 bits per heavy atom. The van der Waals surface area contributed by atoms with Crippen LogP contribution in [0, 0.1) is 9.93 Å². The molecule has 1 fully saturated rings. The average molecular weight is 104 g/mol. The molecule has 1 heterocycles. The largest absolute Gasteiger partial charge is 0.373 e. The summed E-state index contributed by atoms with van der Waals surface area (Å²) in [6, 6.07) is 0. The van der Waals surface area contributed by atoms with E-state index in [1.807, 2.05) is 0 Å². The standard InChI is InChI=1S/C4H8O.O2/c1-2-4-3-5-4;1-2/h4H,2-3H2,1H3;. The Labute approximate surface area is 41.9 Å². The summed E-state index contributed by atoms with van der Waals surface area (Å²) >= 11 is 0. The van der Waals surface area contributed by atoms with Gasteiger partial charge in [0.1, 0.15) is 0 Å². The summed E-state index contributed by atoms with van der Waals surface area (Å²) in [5.74, 6) is 0. The van der Waals surface area contributed by atoms with Crippen LogP contribution in [0.15, 0.2) is 0 Å². The molecule has 1 rings (SSSR count). The van der Waals surface area contributed by atoms with Crippen molar-refractivity contribution in [2.45, 2.75) is 19.4 Å². The molecule has 0 N–H and O–H groups in total. The van der Waals surface area contributed by atoms with Crippen molar-refractivity contribution in [1.82, 2.24) is 0 Å². The van der Waals surface area contributed by atoms with Gasteiger partial charge in [0.2, 0.25) is 0 Å². The molecule has 0 aromatic carbocycles. The van der Waals surface area contributed by atoms with E-state index in [-0.39, 0.29) is 0 Å². The van der Waals surface area contributed by atoms with E-state index in [0.29, 0.717) is 6.10 Å². The molecule has 0 bridgehead atoms. The molecular formula is C4H8O3. The third-order valence-corrected chi connectivity index (χ3v) is 0.858. The fraction of sp³-hybridized carbons (Fsp3) is 1.00. The van der Waals surface area contributed by atoms with E-state index < -0.39 is 0 Å². The molecule has 3 heteroatoms. The first-order valence-corrected chi connectivity index (χ1v) is 2.21. The lowest BCUT2D eigenvalue weighted by atomic mass is 10.4. The Kier molecular flexibility index (Phi) is 3.50. The number of ether oxygens (including phenoxy) is 1. The minimum atomic E-state index is 0.634. The molecule has 1 aliphatic heterocycles. The highest BCUT2D eigenvalue weighted by atomic mass is 16.7. The Bertz CT molecular complexity index is 42.2. The van der Waals surface area contributed by atoms with E-state index >= 15 is 0 Å². The predicted octanol–water partition coefficient (Wildman–Crippen LogP) is 0.862. The van der Waals surface area contributed by atoms with Gasteiger partial charge in [-0.2, -0.15) is 0 Å². The Balaban J connectivity index is 0.000000162. The Morgan fingerprint density at radius 1 is 1.71 bits per heavy atom. The Hall–Kier alpha value is -0.440. The van der Waals surface area contributed by atoms with Crippen LogP contribution in [0.4, 0.5) is 0 Å². The van der Waals surface area contributed by atoms with Gasteiger partial charge in [-0.3, -0.25) is 0 Å². The highest BCUT2D eigenvalue weighted by molar-refractivity contribution is 4.64. The lowest BCUT2D eigenvalue weighted by Crippen LogP contribution is -1.73. The molecule has 0 radical (unpaired) electrons. The highest BCUT2D eigenvalue weighted by Gasteiger charge is 2.18. The summed E-state index contributed by atoms with van der Waals surface area (Å²) in [6.07, 6.45) is 1.83. The summed E-state index contributed by atoms with van der Waals surface area (Å²) in [6.45, 7) is 3.15. The van der Waals surface area contributed by atoms with Crippen LogP contribution in [0.3, 0.4) is 0 Å². The molecular weight excluding hydrogens is 96.0 g/mol. The fourth-order valence-electron chi connectivity index (χ4n) is 0.304. The summed E-state index contributed by atoms with van der Waals surface area (Å²) in [7, 11) is 0. The van der Waals surface area contributed by atoms with Crippen LogP contribution in [-0.4, -0.2) is 12.7 Å². The van der Waals surface area contributed by atoms with Crippen molar-refractivity contribution in [2.24, 2.45) is 0 Å². The molecule has 3 nitrogen and oxygen atoms in total. The van der Waals surface area contributed by atoms with Gasteiger partial charge in [0, 0.05) is 9.93 Å². The number of epoxide rings is 1. The number of hydrogen-bond acceptors (Lipinski definition) is 3. The van der Waals surface area contributed by atoms with Gasteiger partial charge in [-0.05, 0) is 6.42 Å². The highest BCUT2D eigenvalue weighted by Crippen LogP contribution is 2.10. The van der Waals surface area contributed by atoms with Gasteiger partial charge in [0.05, 0.1) is 12.7 Å². The lowest BCUT2D eigenvalue weighted by Gasteiger charge is -1.69. The monoisotopic (exact) mass is 104 g/mol. The molecule has 0 aromatic heterocycles. The van der Waals surface area contributed by atoms with Gasteiger partial charge in [-0.1, -0.05) is 6.92 Å². The van der Waals surface area contributed by atoms with Gasteiger partial charge in [0.15, 0.2) is 0 Å². The topological polar surface area (TPSA) is 46.7 Å². The fourth-order valence-corrected chi connectivity index (χ4v) is 0.304. The molecule has 0 saturated carbocycles. The summed E-state index contributed by atoms with van der Waals surface area (Å²) in [4.78, 5) is 14.0. The van der Waals surface area contributed by atoms with Gasteiger partial charge in [-0.25, -0.2) is 0 Å². The molecule has 42 valence electrons. The smallest absolute Gasteiger partial charge is 0.0807 e. The van der Waals surface area contributed by atoms with E-state index in [1.165, 1.54) is 6.42 Å². The molecule has 1 unspecified atom stereocenters. The maximum atomic E-state index is 7.00. The van der Waals surface area contributed by atoms with Crippen LogP contribution in [0.2, 0.25) is 0 Å². The van der Waals surface area contributed by atoms with Gasteiger partial charge < -0.3 is 4.74 Å². The predicted molar refractivity (Wildman–Crippen MR) is 26.8 cm³/mol. The summed E-state index contributed by atoms with van der Waals surface area (Å²) in [5, 5.41) is 0. The second-order valence-corrected chi connectivity index (χ2v) is 1.36. The zero-order valence-electron chi connectivity index (χ0n) is 4.22. The van der Waals surface area contributed by atoms with Crippen molar-refractivity contribution in [3.63, 3.8) is 0 Å². The molecule has 1 atom stereocenters. The van der Waals surface area contributed by atoms with Crippen LogP contribution < -0.4 is 0 Å². The normalized spacial score (nSPS) is 25.0. The zero-order chi connectivity index (χ0) is 5.70. The minimum Gasteiger partial charge on any atom is -0.373 e. The first kappa shape index (κ1) is 6.56. The quantitative estimate of drug-likeness (QED) is 0.463. The first-order chi connectivity index (χ1) is 3.43. The lowest BCUT2D eigenvalue weighted by molar-refractivity contribution is 0.403. The molecule has 1 aliphatic rings. The maximum absolute atomic E-state index is 7.00. The second kappa shape index (κ2) is 3.74. The molecule has 0 aromatic rings. The van der Waals surface area contributed by atoms with Gasteiger partial charge in [-0.15, -0.1) is 0 Å². The van der Waals surface area contributed by atoms with Gasteiger partial charge >= 0.3 is 0 Å². The number of rotatable bonds is 1. The maximum Gasteiger partial charge on any atom is 0.0807 e. The van der Waals surface area contributed by atoms with Crippen molar-refractivity contribution in [3.8, 4) is 0 Å². The van der Waals surface area contributed by atoms with E-state index in [9.17, 15) is 0 Å². The van der Waals surface area contributed by atoms with Crippen molar-refractivity contribution in [1.29, 1.82) is 0 Å². The number of hydrogen-bond donors (Lipinski definition) is 0. The van der Waals surface area contributed by atoms with E-state index in [1.54, 1.807) is 0 Å². The van der Waals surface area contributed by atoms with E-state index in [2.05, 4.69) is 6.92 Å². The van der Waals surface area contributed by atoms with Crippen molar-refractivity contribution >= 4 is 0 Å². The van der Waals surface area contributed by atoms with Crippen LogP contribution in [0.1, 0.15) is 13.3 Å². The van der Waals surface area contributed by atoms with Crippen LogP contribution in [0.5, 0.6) is 0 Å². The van der Waals surface area contributed by atoms with Crippen LogP contribution in [0.25, 0.3) is 0 Å². The van der Waals surface area contributed by atoms with Gasteiger partial charge in [0.25, 0.3) is 0 Å². The van der Waals surface area contributed by atoms with Crippen molar-refractivity contribution in [3.05, 3.63) is 9.93 Å². The second-order valence-electron chi connectivity index (χ2n) is 1.36. The first-order valence-electron chi connectivity index (χ1n) is 2.21. The molecule has 7 heavy (non-hydrogen) atoms. The average Bonchev–Trinajstić information content (AvgIpc) is 2.52. The van der Waals surface area contributed by atoms with Crippen molar-refractivity contribution in [2.75, 3.05) is 6.61 Å². The third-order valence-electron chi connectivity index (χ3n) is 0.858. The third kappa shape index (κ3) is 3.39. The van der Waals surface area contributed by atoms with E-state index in [0.717, 1.165) is 6.61 Å².